The van der Waals surface area contributed by atoms with Crippen LogP contribution in [0.5, 0.6) is 5.75 Å². The molecule has 41 heavy (non-hydrogen) atoms. The van der Waals surface area contributed by atoms with Gasteiger partial charge in [-0.3, -0.25) is 4.98 Å². The van der Waals surface area contributed by atoms with Gasteiger partial charge in [-0.1, -0.05) is 61.5 Å². The lowest BCUT2D eigenvalue weighted by Crippen LogP contribution is -2.04. The average Bonchev–Trinajstić information content (AvgIpc) is 3.50. The van der Waals surface area contributed by atoms with Crippen LogP contribution in [0.1, 0.15) is 18.2 Å². The summed E-state index contributed by atoms with van der Waals surface area (Å²) in [5.41, 5.74) is 6.27. The van der Waals surface area contributed by atoms with Crippen LogP contribution in [-0.2, 0) is 22.9 Å². The summed E-state index contributed by atoms with van der Waals surface area (Å²) in [7, 11) is -3.33. The molecule has 0 atom stereocenters. The van der Waals surface area contributed by atoms with E-state index >= 15 is 0 Å². The third-order valence-corrected chi connectivity index (χ3v) is 8.00. The number of para-hydroxylation sites is 1. The van der Waals surface area contributed by atoms with Crippen LogP contribution in [0.15, 0.2) is 108 Å². The van der Waals surface area contributed by atoms with Gasteiger partial charge in [-0.2, -0.15) is 4.68 Å². The molecule has 0 amide bonds. The van der Waals surface area contributed by atoms with E-state index in [0.29, 0.717) is 18.1 Å². The zero-order valence-electron chi connectivity index (χ0n) is 22.6. The van der Waals surface area contributed by atoms with Crippen LogP contribution in [0.2, 0.25) is 0 Å². The maximum Gasteiger partial charge on any atom is 0.187 e. The molecule has 0 aliphatic rings. The van der Waals surface area contributed by atoms with E-state index in [9.17, 15) is 8.42 Å². The standard InChI is InChI=1S/C32H27N5O3S/c1-3-24-20-31(28-11-7-8-12-30(28)33-24)40-21-22-13-18-27(23-9-5-4-6-10-23)29(19-22)32-34-35-36-37(32)25-14-16-26(17-15-25)41(2,38)39/h4-20H,3,21H2,1-2H3. The summed E-state index contributed by atoms with van der Waals surface area (Å²) in [4.78, 5) is 4.95. The number of aryl methyl sites for hydroxylation is 1. The number of rotatable bonds is 8. The fourth-order valence-electron chi connectivity index (χ4n) is 4.76. The van der Waals surface area contributed by atoms with Crippen molar-refractivity contribution >= 4 is 20.7 Å². The highest BCUT2D eigenvalue weighted by atomic mass is 32.2. The van der Waals surface area contributed by atoms with Crippen LogP contribution in [-0.4, -0.2) is 39.9 Å². The minimum Gasteiger partial charge on any atom is -0.488 e. The Balaban J connectivity index is 1.41. The highest BCUT2D eigenvalue weighted by Gasteiger charge is 2.18. The largest absolute Gasteiger partial charge is 0.488 e. The quantitative estimate of drug-likeness (QED) is 0.222. The SMILES string of the molecule is CCc1cc(OCc2ccc(-c3ccccc3)c(-c3nnnn3-c3ccc(S(C)(=O)=O)cc3)c2)c2ccccc2n1. The molecule has 0 bridgehead atoms. The van der Waals surface area contributed by atoms with Gasteiger partial charge in [0, 0.05) is 29.0 Å². The molecular weight excluding hydrogens is 534 g/mol. The fraction of sp³-hybridized carbons (Fsp3) is 0.125. The second kappa shape index (κ2) is 10.9. The summed E-state index contributed by atoms with van der Waals surface area (Å²) in [5, 5.41) is 13.5. The number of aromatic nitrogens is 5. The lowest BCUT2D eigenvalue weighted by atomic mass is 9.97. The Labute approximate surface area is 238 Å². The fourth-order valence-corrected chi connectivity index (χ4v) is 5.39. The van der Waals surface area contributed by atoms with Gasteiger partial charge >= 0.3 is 0 Å². The summed E-state index contributed by atoms with van der Waals surface area (Å²) < 4.78 is 31.9. The lowest BCUT2D eigenvalue weighted by Gasteiger charge is -2.14. The predicted octanol–water partition coefficient (Wildman–Crippen LogP) is 6.09. The third-order valence-electron chi connectivity index (χ3n) is 6.88. The van der Waals surface area contributed by atoms with E-state index in [1.54, 1.807) is 28.9 Å². The van der Waals surface area contributed by atoms with Crippen molar-refractivity contribution in [2.75, 3.05) is 6.26 Å². The highest BCUT2D eigenvalue weighted by molar-refractivity contribution is 7.90. The number of hydrogen-bond acceptors (Lipinski definition) is 7. The zero-order valence-corrected chi connectivity index (χ0v) is 23.4. The molecule has 0 aliphatic carbocycles. The third kappa shape index (κ3) is 5.44. The maximum absolute atomic E-state index is 12.0. The Hall–Kier alpha value is -4.89. The molecule has 6 aromatic rings. The number of hydrogen-bond donors (Lipinski definition) is 0. The van der Waals surface area contributed by atoms with E-state index in [-0.39, 0.29) is 4.90 Å². The van der Waals surface area contributed by atoms with E-state index in [1.807, 2.05) is 72.8 Å². The number of fused-ring (bicyclic) bond motifs is 1. The topological polar surface area (TPSA) is 99.9 Å². The van der Waals surface area contributed by atoms with Gasteiger partial charge in [0.2, 0.25) is 0 Å². The van der Waals surface area contributed by atoms with Gasteiger partial charge in [-0.15, -0.1) is 5.10 Å². The molecule has 8 nitrogen and oxygen atoms in total. The molecule has 6 rings (SSSR count). The molecule has 204 valence electrons. The maximum atomic E-state index is 12.0. The van der Waals surface area contributed by atoms with Gasteiger partial charge in [0.15, 0.2) is 15.7 Å². The van der Waals surface area contributed by atoms with Crippen LogP contribution in [0.4, 0.5) is 0 Å². The van der Waals surface area contributed by atoms with Crippen molar-refractivity contribution in [3.63, 3.8) is 0 Å². The highest BCUT2D eigenvalue weighted by Crippen LogP contribution is 2.34. The second-order valence-electron chi connectivity index (χ2n) is 9.70. The molecule has 0 unspecified atom stereocenters. The van der Waals surface area contributed by atoms with E-state index < -0.39 is 9.84 Å². The van der Waals surface area contributed by atoms with E-state index in [1.165, 1.54) is 6.26 Å². The Morgan fingerprint density at radius 2 is 1.59 bits per heavy atom. The molecule has 0 fully saturated rings. The summed E-state index contributed by atoms with van der Waals surface area (Å²) in [5.74, 6) is 1.32. The van der Waals surface area contributed by atoms with Gasteiger partial charge in [-0.25, -0.2) is 8.42 Å². The van der Waals surface area contributed by atoms with Gasteiger partial charge in [0.25, 0.3) is 0 Å². The molecule has 0 spiro atoms. The molecule has 4 aromatic carbocycles. The first-order valence-corrected chi connectivity index (χ1v) is 15.1. The molecule has 9 heteroatoms. The minimum atomic E-state index is -3.33. The average molecular weight is 562 g/mol. The van der Waals surface area contributed by atoms with Crippen molar-refractivity contribution < 1.29 is 13.2 Å². The second-order valence-corrected chi connectivity index (χ2v) is 11.7. The molecule has 2 aromatic heterocycles. The number of ether oxygens (including phenoxy) is 1. The Morgan fingerprint density at radius 3 is 2.34 bits per heavy atom. The van der Waals surface area contributed by atoms with Crippen molar-refractivity contribution in [3.8, 4) is 34.0 Å². The molecule has 0 saturated heterocycles. The molecule has 0 saturated carbocycles. The van der Waals surface area contributed by atoms with E-state index in [4.69, 9.17) is 9.72 Å². The van der Waals surface area contributed by atoms with Gasteiger partial charge in [-0.05, 0) is 76.0 Å². The monoisotopic (exact) mass is 561 g/mol. The molecule has 0 radical (unpaired) electrons. The Morgan fingerprint density at radius 1 is 0.829 bits per heavy atom. The number of benzene rings is 4. The summed E-state index contributed by atoms with van der Waals surface area (Å²) in [6, 6.07) is 32.7. The van der Waals surface area contributed by atoms with Gasteiger partial charge < -0.3 is 4.74 Å². The number of pyridine rings is 1. The first kappa shape index (κ1) is 26.3. The summed E-state index contributed by atoms with van der Waals surface area (Å²) in [6.07, 6.45) is 1.99. The molecule has 0 N–H and O–H groups in total. The smallest absolute Gasteiger partial charge is 0.187 e. The Bertz CT molecular complexity index is 1950. The van der Waals surface area contributed by atoms with Crippen molar-refractivity contribution in [3.05, 3.63) is 114 Å². The van der Waals surface area contributed by atoms with Crippen LogP contribution in [0, 0.1) is 0 Å². The first-order valence-electron chi connectivity index (χ1n) is 13.2. The number of tetrazole rings is 1. The number of nitrogens with zero attached hydrogens (tertiary/aromatic N) is 5. The first-order chi connectivity index (χ1) is 19.9. The normalized spacial score (nSPS) is 11.6. The molecular formula is C32H27N5O3S. The van der Waals surface area contributed by atoms with E-state index in [0.717, 1.165) is 51.0 Å². The van der Waals surface area contributed by atoms with E-state index in [2.05, 4.69) is 28.5 Å². The van der Waals surface area contributed by atoms with Gasteiger partial charge in [0.05, 0.1) is 16.1 Å². The summed E-state index contributed by atoms with van der Waals surface area (Å²) >= 11 is 0. The van der Waals surface area contributed by atoms with Gasteiger partial charge in [0.1, 0.15) is 12.4 Å². The molecule has 2 heterocycles. The minimum absolute atomic E-state index is 0.231. The van der Waals surface area contributed by atoms with Crippen LogP contribution >= 0.6 is 0 Å². The van der Waals surface area contributed by atoms with Crippen LogP contribution in [0.3, 0.4) is 0 Å². The predicted molar refractivity (Wildman–Crippen MR) is 159 cm³/mol. The Kier molecular flexibility index (Phi) is 7.03. The number of sulfone groups is 1. The van der Waals surface area contributed by atoms with Crippen molar-refractivity contribution in [2.24, 2.45) is 0 Å². The van der Waals surface area contributed by atoms with Crippen molar-refractivity contribution in [1.29, 1.82) is 0 Å². The van der Waals surface area contributed by atoms with Crippen LogP contribution in [0.25, 0.3) is 39.1 Å². The van der Waals surface area contributed by atoms with Crippen molar-refractivity contribution in [1.82, 2.24) is 25.2 Å². The van der Waals surface area contributed by atoms with Crippen LogP contribution < -0.4 is 4.74 Å². The lowest BCUT2D eigenvalue weighted by molar-refractivity contribution is 0.309. The zero-order chi connectivity index (χ0) is 28.4. The molecule has 0 aliphatic heterocycles. The summed E-state index contributed by atoms with van der Waals surface area (Å²) in [6.45, 7) is 2.41. The van der Waals surface area contributed by atoms with Crippen molar-refractivity contribution in [2.45, 2.75) is 24.8 Å².